The van der Waals surface area contributed by atoms with Gasteiger partial charge in [0.15, 0.2) is 15.4 Å². The Labute approximate surface area is 232 Å². The minimum atomic E-state index is -4.86. The van der Waals surface area contributed by atoms with Gasteiger partial charge in [-0.3, -0.25) is 4.90 Å². The molecule has 2 heterocycles. The maximum atomic E-state index is 13.5. The van der Waals surface area contributed by atoms with Gasteiger partial charge in [0.25, 0.3) is 0 Å². The Balaban J connectivity index is 1.64. The van der Waals surface area contributed by atoms with E-state index in [1.165, 1.54) is 34.6 Å². The first-order chi connectivity index (χ1) is 18.0. The van der Waals surface area contributed by atoms with Crippen molar-refractivity contribution in [3.8, 4) is 0 Å². The summed E-state index contributed by atoms with van der Waals surface area (Å²) in [4.78, 5) is 4.33. The van der Waals surface area contributed by atoms with Crippen LogP contribution in [-0.4, -0.2) is 93.6 Å². The molecule has 2 aliphatic heterocycles. The van der Waals surface area contributed by atoms with Gasteiger partial charge in [0.1, 0.15) is 0 Å². The van der Waals surface area contributed by atoms with Gasteiger partial charge in [-0.25, -0.2) is 16.8 Å². The SMILES string of the molecule is C[C@H]1CS(=O)(=O)CCN1C[C@H]1CN(S(=O)(=O)c2ccccc2S)CCN1c1ccc([C@@](C)(O)C(F)(F)F)cc1. The highest BCUT2D eigenvalue weighted by molar-refractivity contribution is 7.91. The van der Waals surface area contributed by atoms with Crippen molar-refractivity contribution >= 4 is 38.2 Å². The number of nitrogens with zero attached hydrogens (tertiary/aromatic N) is 3. The smallest absolute Gasteiger partial charge is 0.376 e. The molecule has 2 saturated heterocycles. The molecule has 0 aromatic heterocycles. The Morgan fingerprint density at radius 1 is 1.05 bits per heavy atom. The van der Waals surface area contributed by atoms with Gasteiger partial charge in [0.05, 0.1) is 22.4 Å². The summed E-state index contributed by atoms with van der Waals surface area (Å²) < 4.78 is 92.6. The summed E-state index contributed by atoms with van der Waals surface area (Å²) in [6, 6.07) is 11.1. The molecule has 4 rings (SSSR count). The molecular formula is C25H32F3N3O5S3. The largest absolute Gasteiger partial charge is 0.421 e. The average molecular weight is 608 g/mol. The van der Waals surface area contributed by atoms with Crippen LogP contribution in [-0.2, 0) is 25.5 Å². The molecule has 0 aliphatic carbocycles. The van der Waals surface area contributed by atoms with E-state index < -0.39 is 37.7 Å². The minimum absolute atomic E-state index is 0.000321. The number of anilines is 1. The van der Waals surface area contributed by atoms with Crippen LogP contribution in [0.15, 0.2) is 58.3 Å². The Hall–Kier alpha value is -1.84. The molecule has 2 aliphatic rings. The van der Waals surface area contributed by atoms with E-state index in [1.807, 2.05) is 16.7 Å². The predicted molar refractivity (Wildman–Crippen MR) is 145 cm³/mol. The maximum absolute atomic E-state index is 13.5. The normalized spacial score (nSPS) is 24.8. The van der Waals surface area contributed by atoms with Crippen LogP contribution < -0.4 is 4.90 Å². The second kappa shape index (κ2) is 10.9. The van der Waals surface area contributed by atoms with Crippen molar-refractivity contribution in [2.24, 2.45) is 0 Å². The lowest BCUT2D eigenvalue weighted by atomic mass is 9.95. The van der Waals surface area contributed by atoms with Crippen LogP contribution in [0.25, 0.3) is 0 Å². The van der Waals surface area contributed by atoms with Gasteiger partial charge in [-0.2, -0.15) is 17.5 Å². The molecular weight excluding hydrogens is 575 g/mol. The van der Waals surface area contributed by atoms with Gasteiger partial charge in [-0.15, -0.1) is 12.6 Å². The molecule has 2 fully saturated rings. The highest BCUT2D eigenvalue weighted by Crippen LogP contribution is 2.39. The van der Waals surface area contributed by atoms with Crippen LogP contribution in [0.4, 0.5) is 18.9 Å². The van der Waals surface area contributed by atoms with E-state index >= 15 is 0 Å². The van der Waals surface area contributed by atoms with E-state index in [4.69, 9.17) is 0 Å². The van der Waals surface area contributed by atoms with E-state index in [9.17, 15) is 35.1 Å². The third kappa shape index (κ3) is 6.25. The van der Waals surface area contributed by atoms with E-state index in [2.05, 4.69) is 12.6 Å². The lowest BCUT2D eigenvalue weighted by molar-refractivity contribution is -0.258. The first kappa shape index (κ1) is 30.1. The van der Waals surface area contributed by atoms with Crippen LogP contribution in [0.3, 0.4) is 0 Å². The molecule has 0 unspecified atom stereocenters. The van der Waals surface area contributed by atoms with Crippen molar-refractivity contribution in [2.45, 2.75) is 47.5 Å². The van der Waals surface area contributed by atoms with E-state index in [0.717, 1.165) is 0 Å². The molecule has 216 valence electrons. The van der Waals surface area contributed by atoms with Crippen molar-refractivity contribution in [3.05, 3.63) is 54.1 Å². The molecule has 0 spiro atoms. The van der Waals surface area contributed by atoms with E-state index in [0.29, 0.717) is 30.6 Å². The topological polar surface area (TPSA) is 98.2 Å². The molecule has 0 saturated carbocycles. The average Bonchev–Trinajstić information content (AvgIpc) is 2.85. The summed E-state index contributed by atoms with van der Waals surface area (Å²) in [5.41, 5.74) is -2.76. The number of hydrogen-bond acceptors (Lipinski definition) is 8. The Morgan fingerprint density at radius 3 is 2.28 bits per heavy atom. The molecule has 1 N–H and O–H groups in total. The number of rotatable bonds is 6. The third-order valence-electron chi connectivity index (χ3n) is 7.49. The van der Waals surface area contributed by atoms with Crippen LogP contribution in [0.1, 0.15) is 19.4 Å². The Bertz CT molecular complexity index is 1400. The molecule has 3 atom stereocenters. The number of hydrogen-bond donors (Lipinski definition) is 2. The molecule has 2 aromatic rings. The zero-order valence-corrected chi connectivity index (χ0v) is 24.1. The Morgan fingerprint density at radius 2 is 1.69 bits per heavy atom. The fourth-order valence-electron chi connectivity index (χ4n) is 5.07. The van der Waals surface area contributed by atoms with Crippen molar-refractivity contribution in [1.29, 1.82) is 0 Å². The summed E-state index contributed by atoms with van der Waals surface area (Å²) >= 11 is 4.31. The van der Waals surface area contributed by atoms with Gasteiger partial charge >= 0.3 is 6.18 Å². The fraction of sp³-hybridized carbons (Fsp3) is 0.520. The first-order valence-electron chi connectivity index (χ1n) is 12.4. The monoisotopic (exact) mass is 607 g/mol. The highest BCUT2D eigenvalue weighted by Gasteiger charge is 2.51. The number of benzene rings is 2. The van der Waals surface area contributed by atoms with Crippen LogP contribution >= 0.6 is 12.6 Å². The first-order valence-corrected chi connectivity index (χ1v) is 16.1. The van der Waals surface area contributed by atoms with Gasteiger partial charge in [0, 0.05) is 49.3 Å². The lowest BCUT2D eigenvalue weighted by Crippen LogP contribution is -2.60. The van der Waals surface area contributed by atoms with Gasteiger partial charge in [-0.1, -0.05) is 24.3 Å². The second-order valence-electron chi connectivity index (χ2n) is 10.3. The molecule has 14 heteroatoms. The standard InChI is InChI=1S/C25H32F3N3O5S3/c1-18-17-38(33,34)14-13-29(18)15-21-16-30(39(35,36)23-6-4-3-5-22(23)37)11-12-31(21)20-9-7-19(8-10-20)24(2,32)25(26,27)28/h3-10,18,21,32,37H,11-17H2,1-2H3/t18-,21-,24+/m0/s1. The Kier molecular flexibility index (Phi) is 8.39. The number of sulfone groups is 1. The van der Waals surface area contributed by atoms with Crippen LogP contribution in [0.5, 0.6) is 0 Å². The quantitative estimate of drug-likeness (QED) is 0.488. The van der Waals surface area contributed by atoms with Crippen molar-refractivity contribution < 1.29 is 35.1 Å². The summed E-state index contributed by atoms with van der Waals surface area (Å²) in [6.45, 7) is 3.63. The van der Waals surface area contributed by atoms with E-state index in [-0.39, 0.29) is 47.6 Å². The lowest BCUT2D eigenvalue weighted by Gasteiger charge is -2.45. The van der Waals surface area contributed by atoms with Gasteiger partial charge in [-0.05, 0) is 43.7 Å². The number of alkyl halides is 3. The zero-order valence-electron chi connectivity index (χ0n) is 21.5. The number of aliphatic hydroxyl groups is 1. The number of thiol groups is 1. The number of halogens is 3. The van der Waals surface area contributed by atoms with Gasteiger partial charge in [0.2, 0.25) is 10.0 Å². The number of piperazine rings is 1. The fourth-order valence-corrected chi connectivity index (χ4v) is 8.75. The molecule has 0 radical (unpaired) electrons. The van der Waals surface area contributed by atoms with Gasteiger partial charge < -0.3 is 10.0 Å². The molecule has 0 bridgehead atoms. The third-order valence-corrected chi connectivity index (χ3v) is 11.8. The molecule has 2 aromatic carbocycles. The molecule has 8 nitrogen and oxygen atoms in total. The molecule has 39 heavy (non-hydrogen) atoms. The van der Waals surface area contributed by atoms with Crippen LogP contribution in [0, 0.1) is 0 Å². The molecule has 0 amide bonds. The van der Waals surface area contributed by atoms with Crippen LogP contribution in [0.2, 0.25) is 0 Å². The van der Waals surface area contributed by atoms with Crippen molar-refractivity contribution in [1.82, 2.24) is 9.21 Å². The predicted octanol–water partition coefficient (Wildman–Crippen LogP) is 2.74. The van der Waals surface area contributed by atoms with Crippen molar-refractivity contribution in [2.75, 3.05) is 49.1 Å². The second-order valence-corrected chi connectivity index (χ2v) is 14.9. The zero-order chi connectivity index (χ0) is 28.8. The maximum Gasteiger partial charge on any atom is 0.421 e. The summed E-state index contributed by atoms with van der Waals surface area (Å²) in [5, 5.41) is 10.0. The summed E-state index contributed by atoms with van der Waals surface area (Å²) in [5.74, 6) is -0.00366. The summed E-state index contributed by atoms with van der Waals surface area (Å²) in [7, 11) is -7.05. The minimum Gasteiger partial charge on any atom is -0.376 e. The highest BCUT2D eigenvalue weighted by atomic mass is 32.2. The van der Waals surface area contributed by atoms with Crippen molar-refractivity contribution in [3.63, 3.8) is 0 Å². The van der Waals surface area contributed by atoms with E-state index in [1.54, 1.807) is 18.2 Å². The summed E-state index contributed by atoms with van der Waals surface area (Å²) in [6.07, 6.45) is -4.86. The number of sulfonamides is 1.